The summed E-state index contributed by atoms with van der Waals surface area (Å²) in [7, 11) is 0. The van der Waals surface area contributed by atoms with Gasteiger partial charge in [0.05, 0.1) is 24.6 Å². The van der Waals surface area contributed by atoms with Crippen LogP contribution < -0.4 is 10.7 Å². The number of hydrogen-bond donors (Lipinski definition) is 1. The van der Waals surface area contributed by atoms with Crippen molar-refractivity contribution in [3.05, 3.63) is 80.6 Å². The van der Waals surface area contributed by atoms with Crippen LogP contribution >= 0.6 is 15.9 Å². The number of amides is 1. The van der Waals surface area contributed by atoms with E-state index < -0.39 is 5.91 Å². The predicted molar refractivity (Wildman–Crippen MR) is 114 cm³/mol. The third kappa shape index (κ3) is 4.58. The first-order chi connectivity index (χ1) is 14.1. The molecule has 0 unspecified atom stereocenters. The molecule has 1 atom stereocenters. The fraction of sp³-hybridized carbons (Fsp3) is 0.273. The number of hydrogen-bond acceptors (Lipinski definition) is 5. The first kappa shape index (κ1) is 19.8. The molecule has 1 aliphatic rings. The molecule has 0 radical (unpaired) electrons. The number of carbonyl (C=O) groups excluding carboxylic acids is 1. The second-order valence-corrected chi connectivity index (χ2v) is 7.82. The Labute approximate surface area is 176 Å². The average molecular weight is 457 g/mol. The van der Waals surface area contributed by atoms with Crippen molar-refractivity contribution in [1.29, 1.82) is 0 Å². The summed E-state index contributed by atoms with van der Waals surface area (Å²) in [6, 6.07) is 16.5. The Morgan fingerprint density at radius 2 is 1.86 bits per heavy atom. The van der Waals surface area contributed by atoms with E-state index in [0.29, 0.717) is 30.7 Å². The number of nitrogens with zero attached hydrogens (tertiary/aromatic N) is 1. The zero-order valence-electron chi connectivity index (χ0n) is 15.8. The minimum atomic E-state index is -0.402. The Balaban J connectivity index is 1.54. The van der Waals surface area contributed by atoms with Gasteiger partial charge in [0.1, 0.15) is 5.58 Å². The van der Waals surface area contributed by atoms with Crippen molar-refractivity contribution >= 4 is 32.8 Å². The number of carbonyl (C=O) groups is 1. The number of ether oxygens (including phenoxy) is 1. The molecule has 150 valence electrons. The number of morpholine rings is 1. The summed E-state index contributed by atoms with van der Waals surface area (Å²) in [5.74, 6) is -0.389. The lowest BCUT2D eigenvalue weighted by atomic mass is 10.0. The van der Waals surface area contributed by atoms with E-state index in [9.17, 15) is 9.59 Å². The maximum absolute atomic E-state index is 12.7. The van der Waals surface area contributed by atoms with Crippen LogP contribution in [0.5, 0.6) is 0 Å². The van der Waals surface area contributed by atoms with Crippen LogP contribution in [0.4, 0.5) is 0 Å². The molecule has 2 aromatic carbocycles. The molecule has 4 rings (SSSR count). The number of rotatable bonds is 5. The fourth-order valence-corrected chi connectivity index (χ4v) is 3.90. The van der Waals surface area contributed by atoms with Gasteiger partial charge < -0.3 is 14.5 Å². The highest BCUT2D eigenvalue weighted by Gasteiger charge is 2.24. The minimum Gasteiger partial charge on any atom is -0.451 e. The molecule has 1 amide bonds. The third-order valence-corrected chi connectivity index (χ3v) is 5.53. The first-order valence-electron chi connectivity index (χ1n) is 9.50. The fourth-order valence-electron chi connectivity index (χ4n) is 3.54. The van der Waals surface area contributed by atoms with Crippen LogP contribution in [0.15, 0.2) is 68.3 Å². The number of halogens is 1. The van der Waals surface area contributed by atoms with Gasteiger partial charge in [0.15, 0.2) is 11.2 Å². The largest absolute Gasteiger partial charge is 0.451 e. The van der Waals surface area contributed by atoms with E-state index in [1.54, 1.807) is 18.2 Å². The highest BCUT2D eigenvalue weighted by molar-refractivity contribution is 9.10. The van der Waals surface area contributed by atoms with Gasteiger partial charge >= 0.3 is 0 Å². The zero-order chi connectivity index (χ0) is 20.2. The Hall–Kier alpha value is -2.48. The molecule has 6 nitrogen and oxygen atoms in total. The van der Waals surface area contributed by atoms with Gasteiger partial charge in [-0.3, -0.25) is 14.5 Å². The molecule has 1 saturated heterocycles. The smallest absolute Gasteiger partial charge is 0.287 e. The van der Waals surface area contributed by atoms with Crippen LogP contribution in [-0.2, 0) is 4.74 Å². The molecule has 0 spiro atoms. The van der Waals surface area contributed by atoms with Gasteiger partial charge in [-0.1, -0.05) is 46.3 Å². The van der Waals surface area contributed by atoms with Crippen molar-refractivity contribution in [2.45, 2.75) is 6.04 Å². The van der Waals surface area contributed by atoms with E-state index in [-0.39, 0.29) is 17.2 Å². The lowest BCUT2D eigenvalue weighted by Crippen LogP contribution is -2.43. The van der Waals surface area contributed by atoms with Gasteiger partial charge in [0, 0.05) is 30.2 Å². The van der Waals surface area contributed by atoms with Crippen LogP contribution in [-0.4, -0.2) is 43.7 Å². The second-order valence-electron chi connectivity index (χ2n) is 6.90. The maximum Gasteiger partial charge on any atom is 0.287 e. The normalized spacial score (nSPS) is 15.9. The van der Waals surface area contributed by atoms with Crippen LogP contribution in [0.2, 0.25) is 0 Å². The lowest BCUT2D eigenvalue weighted by Gasteiger charge is -2.34. The van der Waals surface area contributed by atoms with Gasteiger partial charge in [-0.15, -0.1) is 0 Å². The molecule has 1 N–H and O–H groups in total. The van der Waals surface area contributed by atoms with E-state index in [4.69, 9.17) is 9.15 Å². The van der Waals surface area contributed by atoms with E-state index in [1.165, 1.54) is 6.07 Å². The van der Waals surface area contributed by atoms with Gasteiger partial charge in [-0.05, 0) is 23.8 Å². The lowest BCUT2D eigenvalue weighted by molar-refractivity contribution is 0.0161. The topological polar surface area (TPSA) is 71.8 Å². The van der Waals surface area contributed by atoms with Crippen LogP contribution in [0.1, 0.15) is 22.2 Å². The summed E-state index contributed by atoms with van der Waals surface area (Å²) in [6.45, 7) is 3.36. The number of nitrogens with one attached hydrogen (secondary N) is 1. The molecule has 7 heteroatoms. The van der Waals surface area contributed by atoms with E-state index in [0.717, 1.165) is 23.1 Å². The standard InChI is InChI=1S/C22H21BrN2O4/c23-16-6-7-20-17(12-16)19(26)13-21(29-20)22(27)24-14-18(15-4-2-1-3-5-15)25-8-10-28-11-9-25/h1-7,12-13,18H,8-11,14H2,(H,24,27)/t18-/m0/s1. The summed E-state index contributed by atoms with van der Waals surface area (Å²) < 4.78 is 11.9. The minimum absolute atomic E-state index is 0.0126. The highest BCUT2D eigenvalue weighted by atomic mass is 79.9. The van der Waals surface area contributed by atoms with Crippen molar-refractivity contribution in [3.8, 4) is 0 Å². The Morgan fingerprint density at radius 1 is 1.10 bits per heavy atom. The zero-order valence-corrected chi connectivity index (χ0v) is 17.4. The molecule has 1 fully saturated rings. The van der Waals surface area contributed by atoms with Crippen LogP contribution in [0.25, 0.3) is 11.0 Å². The summed E-state index contributed by atoms with van der Waals surface area (Å²) in [6.07, 6.45) is 0. The Bertz CT molecular complexity index is 1060. The van der Waals surface area contributed by atoms with Crippen LogP contribution in [0, 0.1) is 0 Å². The molecule has 3 aromatic rings. The summed E-state index contributed by atoms with van der Waals surface area (Å²) in [5, 5.41) is 3.37. The van der Waals surface area contributed by atoms with E-state index >= 15 is 0 Å². The molecule has 29 heavy (non-hydrogen) atoms. The molecule has 0 aliphatic carbocycles. The first-order valence-corrected chi connectivity index (χ1v) is 10.3. The number of fused-ring (bicyclic) bond motifs is 1. The monoisotopic (exact) mass is 456 g/mol. The van der Waals surface area contributed by atoms with Gasteiger partial charge in [0.25, 0.3) is 5.91 Å². The average Bonchev–Trinajstić information content (AvgIpc) is 2.75. The molecule has 1 aromatic heterocycles. The summed E-state index contributed by atoms with van der Waals surface area (Å²) in [5.41, 5.74) is 1.27. The van der Waals surface area contributed by atoms with E-state index in [2.05, 4.69) is 38.3 Å². The third-order valence-electron chi connectivity index (χ3n) is 5.04. The summed E-state index contributed by atoms with van der Waals surface area (Å²) in [4.78, 5) is 27.4. The predicted octanol–water partition coefficient (Wildman–Crippen LogP) is 3.36. The van der Waals surface area contributed by atoms with E-state index in [1.807, 2.05) is 18.2 Å². The van der Waals surface area contributed by atoms with Crippen molar-refractivity contribution in [1.82, 2.24) is 10.2 Å². The Morgan fingerprint density at radius 3 is 2.62 bits per heavy atom. The molecular weight excluding hydrogens is 436 g/mol. The van der Waals surface area contributed by atoms with Crippen molar-refractivity contribution in [2.24, 2.45) is 0 Å². The molecular formula is C22H21BrN2O4. The van der Waals surface area contributed by atoms with Crippen molar-refractivity contribution in [3.63, 3.8) is 0 Å². The van der Waals surface area contributed by atoms with Gasteiger partial charge in [0.2, 0.25) is 0 Å². The van der Waals surface area contributed by atoms with Crippen molar-refractivity contribution < 1.29 is 13.9 Å². The molecule has 0 saturated carbocycles. The van der Waals surface area contributed by atoms with Gasteiger partial charge in [-0.2, -0.15) is 0 Å². The maximum atomic E-state index is 12.7. The highest BCUT2D eigenvalue weighted by Crippen LogP contribution is 2.22. The van der Waals surface area contributed by atoms with Crippen LogP contribution in [0.3, 0.4) is 0 Å². The number of benzene rings is 2. The molecule has 2 heterocycles. The van der Waals surface area contributed by atoms with Crippen molar-refractivity contribution in [2.75, 3.05) is 32.8 Å². The Kier molecular flexibility index (Phi) is 6.08. The second kappa shape index (κ2) is 8.90. The SMILES string of the molecule is O=C(NC[C@@H](c1ccccc1)N1CCOCC1)c1cc(=O)c2cc(Br)ccc2o1. The molecule has 1 aliphatic heterocycles. The molecule has 0 bridgehead atoms. The summed E-state index contributed by atoms with van der Waals surface area (Å²) >= 11 is 3.34. The van der Waals surface area contributed by atoms with Gasteiger partial charge in [-0.25, -0.2) is 0 Å². The quantitative estimate of drug-likeness (QED) is 0.637.